The van der Waals surface area contributed by atoms with Crippen LogP contribution in [0, 0.1) is 0 Å². The second kappa shape index (κ2) is 7.24. The van der Waals surface area contributed by atoms with Crippen molar-refractivity contribution in [2.75, 3.05) is 12.9 Å². The van der Waals surface area contributed by atoms with Crippen LogP contribution in [-0.4, -0.2) is 32.6 Å². The highest BCUT2D eigenvalue weighted by Gasteiger charge is 2.34. The fourth-order valence-electron chi connectivity index (χ4n) is 2.92. The molecule has 1 saturated heterocycles. The highest BCUT2D eigenvalue weighted by molar-refractivity contribution is 7.92. The van der Waals surface area contributed by atoms with Gasteiger partial charge in [0.1, 0.15) is 5.75 Å². The van der Waals surface area contributed by atoms with Gasteiger partial charge in [-0.25, -0.2) is 8.42 Å². The average Bonchev–Trinajstić information content (AvgIpc) is 2.49. The Hall–Kier alpha value is -1.11. The predicted molar refractivity (Wildman–Crippen MR) is 83.9 cm³/mol. The molecule has 2 unspecified atom stereocenters. The lowest BCUT2D eigenvalue weighted by molar-refractivity contribution is 0.414. The maximum Gasteiger partial charge on any atom is 0.154 e. The van der Waals surface area contributed by atoms with Crippen LogP contribution in [0.4, 0.5) is 0 Å². The lowest BCUT2D eigenvalue weighted by atomic mass is 10.00. The van der Waals surface area contributed by atoms with Gasteiger partial charge in [0.05, 0.1) is 18.1 Å². The maximum absolute atomic E-state index is 12.2. The Bertz CT molecular complexity index is 543. The molecular weight excluding hydrogens is 288 g/mol. The van der Waals surface area contributed by atoms with Crippen molar-refractivity contribution < 1.29 is 13.2 Å². The fourth-order valence-corrected chi connectivity index (χ4v) is 5.07. The number of sulfone groups is 1. The summed E-state index contributed by atoms with van der Waals surface area (Å²) in [6.45, 7) is 0. The molecule has 0 aromatic heterocycles. The van der Waals surface area contributed by atoms with E-state index in [0.717, 1.165) is 30.6 Å². The lowest BCUT2D eigenvalue weighted by Gasteiger charge is -2.29. The Kier molecular flexibility index (Phi) is 5.61. The molecule has 5 nitrogen and oxygen atoms in total. The van der Waals surface area contributed by atoms with Gasteiger partial charge in [0.15, 0.2) is 9.84 Å². The van der Waals surface area contributed by atoms with Crippen LogP contribution in [0.15, 0.2) is 24.3 Å². The Labute approximate surface area is 126 Å². The van der Waals surface area contributed by atoms with Gasteiger partial charge < -0.3 is 4.74 Å². The van der Waals surface area contributed by atoms with E-state index in [4.69, 9.17) is 10.6 Å². The molecule has 118 valence electrons. The zero-order chi connectivity index (χ0) is 15.3. The summed E-state index contributed by atoms with van der Waals surface area (Å²) < 4.78 is 29.5. The van der Waals surface area contributed by atoms with Crippen molar-refractivity contribution in [2.24, 2.45) is 5.84 Å². The molecule has 1 aliphatic heterocycles. The zero-order valence-corrected chi connectivity index (χ0v) is 13.2. The van der Waals surface area contributed by atoms with Crippen molar-refractivity contribution in [3.8, 4) is 5.75 Å². The van der Waals surface area contributed by atoms with Gasteiger partial charge in [-0.15, -0.1) is 0 Å². The number of aryl methyl sites for hydroxylation is 1. The van der Waals surface area contributed by atoms with E-state index in [2.05, 4.69) is 5.43 Å². The van der Waals surface area contributed by atoms with Crippen molar-refractivity contribution >= 4 is 9.84 Å². The quantitative estimate of drug-likeness (QED) is 0.613. The highest BCUT2D eigenvalue weighted by atomic mass is 32.2. The van der Waals surface area contributed by atoms with E-state index >= 15 is 0 Å². The largest absolute Gasteiger partial charge is 0.497 e. The third-order valence-electron chi connectivity index (χ3n) is 4.19. The van der Waals surface area contributed by atoms with Gasteiger partial charge in [0.25, 0.3) is 0 Å². The van der Waals surface area contributed by atoms with Crippen LogP contribution in [0.2, 0.25) is 0 Å². The predicted octanol–water partition coefficient (Wildman–Crippen LogP) is 1.43. The van der Waals surface area contributed by atoms with E-state index in [1.54, 1.807) is 7.11 Å². The van der Waals surface area contributed by atoms with Gasteiger partial charge in [-0.05, 0) is 43.4 Å². The summed E-state index contributed by atoms with van der Waals surface area (Å²) in [5, 5.41) is -0.352. The van der Waals surface area contributed by atoms with Gasteiger partial charge in [0, 0.05) is 6.04 Å². The first-order valence-electron chi connectivity index (χ1n) is 7.37. The molecule has 0 spiro atoms. The molecule has 0 aliphatic carbocycles. The standard InChI is InChI=1S/C15H24N2O3S/c1-20-13-8-5-12(6-9-13)7-10-14(17-16)15-4-2-3-11-21(15,18)19/h5-6,8-9,14-15,17H,2-4,7,10-11,16H2,1H3. The van der Waals surface area contributed by atoms with E-state index < -0.39 is 9.84 Å². The molecule has 1 aliphatic rings. The van der Waals surface area contributed by atoms with Crippen LogP contribution < -0.4 is 16.0 Å². The van der Waals surface area contributed by atoms with Gasteiger partial charge in [-0.3, -0.25) is 11.3 Å². The van der Waals surface area contributed by atoms with E-state index in [1.807, 2.05) is 24.3 Å². The fraction of sp³-hybridized carbons (Fsp3) is 0.600. The molecule has 0 radical (unpaired) electrons. The molecule has 2 atom stereocenters. The third kappa shape index (κ3) is 4.18. The molecule has 0 bridgehead atoms. The molecule has 1 fully saturated rings. The number of ether oxygens (including phenoxy) is 1. The smallest absolute Gasteiger partial charge is 0.154 e. The van der Waals surface area contributed by atoms with Gasteiger partial charge in [-0.2, -0.15) is 0 Å². The van der Waals surface area contributed by atoms with Gasteiger partial charge >= 0.3 is 0 Å². The first-order valence-corrected chi connectivity index (χ1v) is 9.09. The van der Waals surface area contributed by atoms with Crippen LogP contribution in [0.25, 0.3) is 0 Å². The molecule has 3 N–H and O–H groups in total. The molecule has 1 aromatic carbocycles. The van der Waals surface area contributed by atoms with Crippen LogP contribution >= 0.6 is 0 Å². The molecule has 2 rings (SSSR count). The monoisotopic (exact) mass is 312 g/mol. The van der Waals surface area contributed by atoms with Crippen LogP contribution in [0.5, 0.6) is 5.75 Å². The number of methoxy groups -OCH3 is 1. The number of hydrazine groups is 1. The minimum Gasteiger partial charge on any atom is -0.497 e. The molecule has 1 heterocycles. The molecule has 1 aromatic rings. The number of nitrogens with one attached hydrogen (secondary N) is 1. The maximum atomic E-state index is 12.2. The summed E-state index contributed by atoms with van der Waals surface area (Å²) in [5.41, 5.74) is 3.87. The Morgan fingerprint density at radius 1 is 1.33 bits per heavy atom. The molecule has 21 heavy (non-hydrogen) atoms. The van der Waals surface area contributed by atoms with Crippen LogP contribution in [-0.2, 0) is 16.3 Å². The first kappa shape index (κ1) is 16.3. The molecule has 0 saturated carbocycles. The Morgan fingerprint density at radius 2 is 2.05 bits per heavy atom. The van der Waals surface area contributed by atoms with E-state index in [0.29, 0.717) is 18.6 Å². The van der Waals surface area contributed by atoms with Crippen molar-refractivity contribution in [3.63, 3.8) is 0 Å². The highest BCUT2D eigenvalue weighted by Crippen LogP contribution is 2.24. The van der Waals surface area contributed by atoms with Crippen molar-refractivity contribution in [3.05, 3.63) is 29.8 Å². The van der Waals surface area contributed by atoms with Crippen molar-refractivity contribution in [1.29, 1.82) is 0 Å². The number of hydrogen-bond donors (Lipinski definition) is 2. The Morgan fingerprint density at radius 3 is 2.62 bits per heavy atom. The van der Waals surface area contributed by atoms with Crippen LogP contribution in [0.1, 0.15) is 31.2 Å². The third-order valence-corrected chi connectivity index (χ3v) is 6.54. The van der Waals surface area contributed by atoms with Crippen LogP contribution in [0.3, 0.4) is 0 Å². The summed E-state index contributed by atoms with van der Waals surface area (Å²) in [7, 11) is -1.38. The van der Waals surface area contributed by atoms with Gasteiger partial charge in [0.2, 0.25) is 0 Å². The summed E-state index contributed by atoms with van der Waals surface area (Å²) in [4.78, 5) is 0. The minimum absolute atomic E-state index is 0.183. The second-order valence-electron chi connectivity index (χ2n) is 5.56. The molecular formula is C15H24N2O3S. The number of rotatable bonds is 6. The normalized spacial score (nSPS) is 22.7. The minimum atomic E-state index is -3.01. The second-order valence-corrected chi connectivity index (χ2v) is 7.90. The van der Waals surface area contributed by atoms with Gasteiger partial charge in [-0.1, -0.05) is 18.6 Å². The molecule has 0 amide bonds. The summed E-state index contributed by atoms with van der Waals surface area (Å²) >= 11 is 0. The number of benzene rings is 1. The average molecular weight is 312 g/mol. The zero-order valence-electron chi connectivity index (χ0n) is 12.4. The molecule has 6 heteroatoms. The summed E-state index contributed by atoms with van der Waals surface area (Å²) in [6, 6.07) is 7.65. The topological polar surface area (TPSA) is 81.4 Å². The van der Waals surface area contributed by atoms with Crippen molar-refractivity contribution in [1.82, 2.24) is 5.43 Å². The first-order chi connectivity index (χ1) is 10.1. The lowest BCUT2D eigenvalue weighted by Crippen LogP contribution is -2.49. The number of nitrogens with two attached hydrogens (primary N) is 1. The SMILES string of the molecule is COc1ccc(CCC(NN)C2CCCCS2(=O)=O)cc1. The summed E-state index contributed by atoms with van der Waals surface area (Å²) in [6.07, 6.45) is 3.95. The van der Waals surface area contributed by atoms with E-state index in [-0.39, 0.29) is 11.3 Å². The Balaban J connectivity index is 1.98. The number of hydrogen-bond acceptors (Lipinski definition) is 5. The van der Waals surface area contributed by atoms with Crippen molar-refractivity contribution in [2.45, 2.75) is 43.4 Å². The summed E-state index contributed by atoms with van der Waals surface area (Å²) in [5.74, 6) is 6.71. The van der Waals surface area contributed by atoms with E-state index in [9.17, 15) is 8.42 Å². The van der Waals surface area contributed by atoms with E-state index in [1.165, 1.54) is 0 Å².